The van der Waals surface area contributed by atoms with Gasteiger partial charge in [-0.05, 0) is 81.0 Å². The van der Waals surface area contributed by atoms with Gasteiger partial charge in [0.05, 0.1) is 31.8 Å². The Labute approximate surface area is 196 Å². The summed E-state index contributed by atoms with van der Waals surface area (Å²) in [6, 6.07) is 18.6. The Balaban J connectivity index is 1.78. The summed E-state index contributed by atoms with van der Waals surface area (Å²) in [5.41, 5.74) is 4.87. The van der Waals surface area contributed by atoms with Gasteiger partial charge < -0.3 is 14.2 Å². The SMILES string of the molecule is COc1ccc(CN2CCc3cc(OC)c(OC)cc3[C@@H]2c2cccc(Cl)c2)cc1Br. The number of hydrogen-bond acceptors (Lipinski definition) is 4. The van der Waals surface area contributed by atoms with Crippen LogP contribution in [0.5, 0.6) is 17.2 Å². The third-order valence-corrected chi connectivity index (χ3v) is 6.59. The van der Waals surface area contributed by atoms with Crippen LogP contribution in [0.3, 0.4) is 0 Å². The van der Waals surface area contributed by atoms with Crippen LogP contribution in [0.25, 0.3) is 0 Å². The molecule has 0 amide bonds. The topological polar surface area (TPSA) is 30.9 Å². The molecule has 0 aromatic heterocycles. The normalized spacial score (nSPS) is 16.0. The van der Waals surface area contributed by atoms with Crippen LogP contribution in [-0.4, -0.2) is 32.8 Å². The zero-order valence-electron chi connectivity index (χ0n) is 17.8. The van der Waals surface area contributed by atoms with E-state index in [1.165, 1.54) is 16.7 Å². The predicted octanol–water partition coefficient (Wildman–Crippen LogP) is 6.28. The molecular formula is C25H25BrClNO3. The van der Waals surface area contributed by atoms with Crippen LogP contribution < -0.4 is 14.2 Å². The minimum Gasteiger partial charge on any atom is -0.496 e. The maximum absolute atomic E-state index is 6.38. The molecule has 0 saturated heterocycles. The monoisotopic (exact) mass is 501 g/mol. The number of ether oxygens (including phenoxy) is 3. The second-order valence-electron chi connectivity index (χ2n) is 7.55. The Morgan fingerprint density at radius 3 is 2.35 bits per heavy atom. The molecule has 1 atom stereocenters. The minimum absolute atomic E-state index is 0.0585. The maximum atomic E-state index is 6.38. The predicted molar refractivity (Wildman–Crippen MR) is 128 cm³/mol. The molecule has 0 radical (unpaired) electrons. The van der Waals surface area contributed by atoms with Gasteiger partial charge in [0, 0.05) is 18.1 Å². The van der Waals surface area contributed by atoms with E-state index in [4.69, 9.17) is 25.8 Å². The first-order valence-corrected chi connectivity index (χ1v) is 11.3. The molecule has 6 heteroatoms. The number of hydrogen-bond donors (Lipinski definition) is 0. The molecule has 0 bridgehead atoms. The van der Waals surface area contributed by atoms with Crippen LogP contribution >= 0.6 is 27.5 Å². The molecule has 0 unspecified atom stereocenters. The molecule has 0 fully saturated rings. The van der Waals surface area contributed by atoms with Crippen LogP contribution in [-0.2, 0) is 13.0 Å². The van der Waals surface area contributed by atoms with Crippen molar-refractivity contribution in [3.8, 4) is 17.2 Å². The summed E-state index contributed by atoms with van der Waals surface area (Å²) in [7, 11) is 5.03. The number of benzene rings is 3. The molecule has 0 N–H and O–H groups in total. The molecule has 3 aromatic carbocycles. The minimum atomic E-state index is 0.0585. The highest BCUT2D eigenvalue weighted by Crippen LogP contribution is 2.42. The van der Waals surface area contributed by atoms with E-state index >= 15 is 0 Å². The van der Waals surface area contributed by atoms with Gasteiger partial charge in [-0.2, -0.15) is 0 Å². The number of halogens is 2. The highest BCUT2D eigenvalue weighted by atomic mass is 79.9. The maximum Gasteiger partial charge on any atom is 0.161 e. The first-order chi connectivity index (χ1) is 15.0. The number of rotatable bonds is 6. The summed E-state index contributed by atoms with van der Waals surface area (Å²) < 4.78 is 17.5. The number of methoxy groups -OCH3 is 3. The average Bonchev–Trinajstić information content (AvgIpc) is 2.78. The molecule has 0 spiro atoms. The summed E-state index contributed by atoms with van der Waals surface area (Å²) in [4.78, 5) is 2.48. The van der Waals surface area contributed by atoms with Crippen LogP contribution in [0, 0.1) is 0 Å². The Bertz CT molecular complexity index is 1090. The van der Waals surface area contributed by atoms with Gasteiger partial charge in [-0.3, -0.25) is 4.90 Å². The molecule has 0 aliphatic carbocycles. The van der Waals surface area contributed by atoms with E-state index < -0.39 is 0 Å². The smallest absolute Gasteiger partial charge is 0.161 e. The molecule has 1 aliphatic rings. The van der Waals surface area contributed by atoms with E-state index in [1.54, 1.807) is 21.3 Å². The van der Waals surface area contributed by atoms with Crippen LogP contribution in [0.2, 0.25) is 5.02 Å². The number of fused-ring (bicyclic) bond motifs is 1. The van der Waals surface area contributed by atoms with E-state index in [-0.39, 0.29) is 6.04 Å². The fourth-order valence-electron chi connectivity index (χ4n) is 4.28. The quantitative estimate of drug-likeness (QED) is 0.397. The van der Waals surface area contributed by atoms with Crippen molar-refractivity contribution in [2.24, 2.45) is 0 Å². The van der Waals surface area contributed by atoms with Crippen molar-refractivity contribution in [2.45, 2.75) is 19.0 Å². The molecule has 31 heavy (non-hydrogen) atoms. The molecule has 3 aromatic rings. The third kappa shape index (κ3) is 4.54. The lowest BCUT2D eigenvalue weighted by atomic mass is 9.87. The van der Waals surface area contributed by atoms with Gasteiger partial charge in [-0.1, -0.05) is 29.8 Å². The summed E-state index contributed by atoms with van der Waals surface area (Å²) in [6.45, 7) is 1.72. The lowest BCUT2D eigenvalue weighted by Crippen LogP contribution is -2.35. The summed E-state index contributed by atoms with van der Waals surface area (Å²) in [6.07, 6.45) is 0.935. The molecule has 1 heterocycles. The van der Waals surface area contributed by atoms with Gasteiger partial charge in [-0.15, -0.1) is 0 Å². The summed E-state index contributed by atoms with van der Waals surface area (Å²) in [5, 5.41) is 0.734. The van der Waals surface area contributed by atoms with E-state index in [0.717, 1.165) is 51.8 Å². The second-order valence-corrected chi connectivity index (χ2v) is 8.84. The standard InChI is InChI=1S/C25H25BrClNO3/c1-29-22-8-7-16(11-21(22)26)15-28-10-9-17-13-23(30-2)24(31-3)14-20(17)25(28)18-5-4-6-19(27)12-18/h4-8,11-14,25H,9-10,15H2,1-3H3/t25-/m0/s1. The zero-order valence-corrected chi connectivity index (χ0v) is 20.2. The Hall–Kier alpha value is -2.21. The van der Waals surface area contributed by atoms with E-state index in [2.05, 4.69) is 57.2 Å². The molecule has 4 nitrogen and oxygen atoms in total. The average molecular weight is 503 g/mol. The lowest BCUT2D eigenvalue weighted by Gasteiger charge is -2.38. The Morgan fingerprint density at radius 2 is 1.68 bits per heavy atom. The molecular weight excluding hydrogens is 478 g/mol. The van der Waals surface area contributed by atoms with Gasteiger partial charge in [0.15, 0.2) is 11.5 Å². The molecule has 162 valence electrons. The van der Waals surface area contributed by atoms with Crippen molar-refractivity contribution in [1.82, 2.24) is 4.90 Å². The Morgan fingerprint density at radius 1 is 0.935 bits per heavy atom. The van der Waals surface area contributed by atoms with Gasteiger partial charge >= 0.3 is 0 Å². The van der Waals surface area contributed by atoms with Gasteiger partial charge in [0.25, 0.3) is 0 Å². The van der Waals surface area contributed by atoms with E-state index in [9.17, 15) is 0 Å². The first kappa shape index (κ1) is 22.0. The van der Waals surface area contributed by atoms with Gasteiger partial charge in [0.2, 0.25) is 0 Å². The molecule has 1 aliphatic heterocycles. The second kappa shape index (κ2) is 9.51. The van der Waals surface area contributed by atoms with Crippen molar-refractivity contribution in [3.05, 3.63) is 86.3 Å². The Kier molecular flexibility index (Phi) is 6.75. The van der Waals surface area contributed by atoms with Crippen molar-refractivity contribution in [2.75, 3.05) is 27.9 Å². The largest absolute Gasteiger partial charge is 0.496 e. The van der Waals surface area contributed by atoms with E-state index in [1.807, 2.05) is 18.2 Å². The van der Waals surface area contributed by atoms with Crippen molar-refractivity contribution in [3.63, 3.8) is 0 Å². The fourth-order valence-corrected chi connectivity index (χ4v) is 5.06. The highest BCUT2D eigenvalue weighted by molar-refractivity contribution is 9.10. The third-order valence-electron chi connectivity index (χ3n) is 5.74. The van der Waals surface area contributed by atoms with Crippen molar-refractivity contribution < 1.29 is 14.2 Å². The van der Waals surface area contributed by atoms with Crippen molar-refractivity contribution in [1.29, 1.82) is 0 Å². The summed E-state index contributed by atoms with van der Waals surface area (Å²) >= 11 is 9.99. The first-order valence-electron chi connectivity index (χ1n) is 10.1. The number of nitrogens with zero attached hydrogens (tertiary/aromatic N) is 1. The summed E-state index contributed by atoms with van der Waals surface area (Å²) in [5.74, 6) is 2.33. The van der Waals surface area contributed by atoms with Crippen LogP contribution in [0.4, 0.5) is 0 Å². The van der Waals surface area contributed by atoms with Crippen LogP contribution in [0.1, 0.15) is 28.3 Å². The van der Waals surface area contributed by atoms with Gasteiger partial charge in [0.1, 0.15) is 5.75 Å². The zero-order chi connectivity index (χ0) is 22.0. The highest BCUT2D eigenvalue weighted by Gasteiger charge is 2.30. The fraction of sp³-hybridized carbons (Fsp3) is 0.280. The molecule has 4 rings (SSSR count). The van der Waals surface area contributed by atoms with Crippen molar-refractivity contribution >= 4 is 27.5 Å². The molecule has 0 saturated carbocycles. The van der Waals surface area contributed by atoms with Crippen LogP contribution in [0.15, 0.2) is 59.1 Å². The van der Waals surface area contributed by atoms with E-state index in [0.29, 0.717) is 0 Å². The van der Waals surface area contributed by atoms with Gasteiger partial charge in [-0.25, -0.2) is 0 Å². The lowest BCUT2D eigenvalue weighted by molar-refractivity contribution is 0.203.